The molecule has 1 saturated carbocycles. The van der Waals surface area contributed by atoms with E-state index in [2.05, 4.69) is 44.1 Å². The highest BCUT2D eigenvalue weighted by atomic mass is 35.5. The van der Waals surface area contributed by atoms with Gasteiger partial charge in [0.2, 0.25) is 0 Å². The van der Waals surface area contributed by atoms with Crippen LogP contribution in [-0.2, 0) is 6.54 Å². The molecule has 2 rings (SSSR count). The standard InChI is InChI=1S/C17H29ClN2S/c1-5-10-19-16-13(8-9-17(16,2)3)11-20(4)12-14-6-7-15(18)21-14/h6-7,13,16,19H,5,8-12H2,1-4H3. The average Bonchev–Trinajstić information content (AvgIpc) is 2.92. The summed E-state index contributed by atoms with van der Waals surface area (Å²) < 4.78 is 0.892. The summed E-state index contributed by atoms with van der Waals surface area (Å²) in [6.45, 7) is 10.4. The Morgan fingerprint density at radius 2 is 2.19 bits per heavy atom. The Hall–Kier alpha value is -0.0900. The van der Waals surface area contributed by atoms with Gasteiger partial charge in [0.1, 0.15) is 0 Å². The number of halogens is 1. The smallest absolute Gasteiger partial charge is 0.0931 e. The van der Waals surface area contributed by atoms with Crippen molar-refractivity contribution in [3.05, 3.63) is 21.3 Å². The van der Waals surface area contributed by atoms with Gasteiger partial charge < -0.3 is 10.2 Å². The van der Waals surface area contributed by atoms with E-state index in [1.54, 1.807) is 11.3 Å². The van der Waals surface area contributed by atoms with Crippen LogP contribution in [0.4, 0.5) is 0 Å². The van der Waals surface area contributed by atoms with Gasteiger partial charge in [-0.25, -0.2) is 0 Å². The molecule has 0 bridgehead atoms. The predicted molar refractivity (Wildman–Crippen MR) is 94.2 cm³/mol. The monoisotopic (exact) mass is 328 g/mol. The molecule has 0 radical (unpaired) electrons. The highest BCUT2D eigenvalue weighted by Crippen LogP contribution is 2.41. The second kappa shape index (κ2) is 7.45. The van der Waals surface area contributed by atoms with Crippen molar-refractivity contribution in [3.63, 3.8) is 0 Å². The van der Waals surface area contributed by atoms with Crippen LogP contribution in [0.3, 0.4) is 0 Å². The maximum atomic E-state index is 6.02. The van der Waals surface area contributed by atoms with Gasteiger partial charge in [-0.2, -0.15) is 0 Å². The van der Waals surface area contributed by atoms with E-state index in [0.717, 1.165) is 23.3 Å². The molecular formula is C17H29ClN2S. The van der Waals surface area contributed by atoms with Crippen molar-refractivity contribution < 1.29 is 0 Å². The molecule has 0 aliphatic heterocycles. The zero-order valence-electron chi connectivity index (χ0n) is 13.8. The van der Waals surface area contributed by atoms with Gasteiger partial charge in [0.25, 0.3) is 0 Å². The van der Waals surface area contributed by atoms with Crippen LogP contribution < -0.4 is 5.32 Å². The lowest BCUT2D eigenvalue weighted by atomic mass is 9.84. The Morgan fingerprint density at radius 1 is 1.43 bits per heavy atom. The summed E-state index contributed by atoms with van der Waals surface area (Å²) in [6, 6.07) is 4.79. The van der Waals surface area contributed by atoms with E-state index in [9.17, 15) is 0 Å². The lowest BCUT2D eigenvalue weighted by Gasteiger charge is -2.33. The molecule has 2 nitrogen and oxygen atoms in total. The molecule has 1 N–H and O–H groups in total. The Labute approximate surface area is 138 Å². The van der Waals surface area contributed by atoms with E-state index in [1.807, 2.05) is 6.07 Å². The zero-order valence-corrected chi connectivity index (χ0v) is 15.4. The number of thiophene rings is 1. The second-order valence-corrected chi connectivity index (χ2v) is 8.92. The summed E-state index contributed by atoms with van der Waals surface area (Å²) in [6.07, 6.45) is 3.88. The van der Waals surface area contributed by atoms with Crippen LogP contribution in [0.1, 0.15) is 44.9 Å². The third-order valence-electron chi connectivity index (χ3n) is 4.69. The Balaban J connectivity index is 1.90. The molecule has 0 aromatic carbocycles. The summed E-state index contributed by atoms with van der Waals surface area (Å²) in [5, 5.41) is 3.80. The highest BCUT2D eigenvalue weighted by molar-refractivity contribution is 7.16. The fraction of sp³-hybridized carbons (Fsp3) is 0.765. The van der Waals surface area contributed by atoms with E-state index < -0.39 is 0 Å². The van der Waals surface area contributed by atoms with Crippen molar-refractivity contribution in [1.82, 2.24) is 10.2 Å². The molecule has 2 atom stereocenters. The molecule has 0 amide bonds. The zero-order chi connectivity index (χ0) is 15.5. The van der Waals surface area contributed by atoms with Crippen LogP contribution in [0, 0.1) is 11.3 Å². The topological polar surface area (TPSA) is 15.3 Å². The van der Waals surface area contributed by atoms with Gasteiger partial charge >= 0.3 is 0 Å². The molecule has 120 valence electrons. The van der Waals surface area contributed by atoms with Gasteiger partial charge in [0.05, 0.1) is 4.34 Å². The number of nitrogens with one attached hydrogen (secondary N) is 1. The van der Waals surface area contributed by atoms with Gasteiger partial charge in [-0.1, -0.05) is 32.4 Å². The Kier molecular flexibility index (Phi) is 6.13. The average molecular weight is 329 g/mol. The van der Waals surface area contributed by atoms with E-state index in [4.69, 9.17) is 11.6 Å². The Bertz CT molecular complexity index is 444. The molecule has 1 fully saturated rings. The number of nitrogens with zero attached hydrogens (tertiary/aromatic N) is 1. The van der Waals surface area contributed by atoms with Crippen LogP contribution in [0.5, 0.6) is 0 Å². The minimum atomic E-state index is 0.424. The molecular weight excluding hydrogens is 300 g/mol. The Morgan fingerprint density at radius 3 is 2.81 bits per heavy atom. The van der Waals surface area contributed by atoms with Gasteiger partial charge in [0.15, 0.2) is 0 Å². The first-order valence-corrected chi connectivity index (χ1v) is 9.28. The van der Waals surface area contributed by atoms with Crippen molar-refractivity contribution in [2.24, 2.45) is 11.3 Å². The van der Waals surface area contributed by atoms with E-state index in [-0.39, 0.29) is 0 Å². The highest BCUT2D eigenvalue weighted by Gasteiger charge is 2.41. The molecule has 1 aromatic heterocycles. The first kappa shape index (κ1) is 17.3. The number of hydrogen-bond acceptors (Lipinski definition) is 3. The summed E-state index contributed by atoms with van der Waals surface area (Å²) in [7, 11) is 2.23. The quantitative estimate of drug-likeness (QED) is 0.784. The van der Waals surface area contributed by atoms with E-state index >= 15 is 0 Å². The molecule has 1 aliphatic carbocycles. The van der Waals surface area contributed by atoms with Crippen LogP contribution in [0.2, 0.25) is 4.34 Å². The molecule has 4 heteroatoms. The molecule has 21 heavy (non-hydrogen) atoms. The maximum Gasteiger partial charge on any atom is 0.0931 e. The molecule has 0 saturated heterocycles. The van der Waals surface area contributed by atoms with Crippen molar-refractivity contribution in [2.75, 3.05) is 20.1 Å². The van der Waals surface area contributed by atoms with Crippen LogP contribution in [0.25, 0.3) is 0 Å². The van der Waals surface area contributed by atoms with Crippen molar-refractivity contribution in [1.29, 1.82) is 0 Å². The van der Waals surface area contributed by atoms with Crippen LogP contribution in [-0.4, -0.2) is 31.1 Å². The van der Waals surface area contributed by atoms with E-state index in [1.165, 1.54) is 30.7 Å². The van der Waals surface area contributed by atoms with Gasteiger partial charge in [-0.15, -0.1) is 11.3 Å². The van der Waals surface area contributed by atoms with Crippen molar-refractivity contribution in [2.45, 2.75) is 52.6 Å². The SMILES string of the molecule is CCCNC1C(CN(C)Cc2ccc(Cl)s2)CCC1(C)C. The maximum absolute atomic E-state index is 6.02. The van der Waals surface area contributed by atoms with Gasteiger partial charge in [-0.3, -0.25) is 0 Å². The van der Waals surface area contributed by atoms with Crippen LogP contribution in [0.15, 0.2) is 12.1 Å². The summed E-state index contributed by atoms with van der Waals surface area (Å²) in [4.78, 5) is 3.81. The summed E-state index contributed by atoms with van der Waals surface area (Å²) in [5.74, 6) is 0.756. The van der Waals surface area contributed by atoms with Crippen molar-refractivity contribution in [3.8, 4) is 0 Å². The molecule has 1 aliphatic rings. The first-order valence-electron chi connectivity index (χ1n) is 8.08. The second-order valence-electron chi connectivity index (χ2n) is 7.12. The third kappa shape index (κ3) is 4.69. The lowest BCUT2D eigenvalue weighted by molar-refractivity contribution is 0.201. The minimum Gasteiger partial charge on any atom is -0.313 e. The summed E-state index contributed by atoms with van der Waals surface area (Å²) in [5.41, 5.74) is 0.424. The lowest BCUT2D eigenvalue weighted by Crippen LogP contribution is -2.45. The molecule has 0 spiro atoms. The third-order valence-corrected chi connectivity index (χ3v) is 5.90. The van der Waals surface area contributed by atoms with Crippen molar-refractivity contribution >= 4 is 22.9 Å². The molecule has 1 aromatic rings. The minimum absolute atomic E-state index is 0.424. The molecule has 1 heterocycles. The van der Waals surface area contributed by atoms with Gasteiger partial charge in [-0.05, 0) is 56.3 Å². The fourth-order valence-corrected chi connectivity index (χ4v) is 4.79. The summed E-state index contributed by atoms with van der Waals surface area (Å²) >= 11 is 7.72. The molecule has 2 unspecified atom stereocenters. The normalized spacial score (nSPS) is 24.9. The number of rotatable bonds is 7. The van der Waals surface area contributed by atoms with Gasteiger partial charge in [0, 0.05) is 24.0 Å². The van der Waals surface area contributed by atoms with E-state index in [0.29, 0.717) is 11.5 Å². The number of hydrogen-bond donors (Lipinski definition) is 1. The first-order chi connectivity index (χ1) is 9.92. The fourth-order valence-electron chi connectivity index (χ4n) is 3.62. The largest absolute Gasteiger partial charge is 0.313 e. The van der Waals surface area contributed by atoms with Crippen LogP contribution >= 0.6 is 22.9 Å². The predicted octanol–water partition coefficient (Wildman–Crippen LogP) is 4.64.